The first-order valence-electron chi connectivity index (χ1n) is 10.8. The highest BCUT2D eigenvalue weighted by atomic mass is 127. The number of pyridine rings is 1. The summed E-state index contributed by atoms with van der Waals surface area (Å²) < 4.78 is 5.92. The molecule has 1 aliphatic rings. The molecular formula is C22H39IN4O2. The summed E-state index contributed by atoms with van der Waals surface area (Å²) in [5.41, 5.74) is 1.06. The van der Waals surface area contributed by atoms with Crippen LogP contribution in [0.4, 0.5) is 0 Å². The second kappa shape index (κ2) is 14.8. The number of guanidine groups is 1. The predicted octanol–water partition coefficient (Wildman–Crippen LogP) is 4.12. The quantitative estimate of drug-likeness (QED) is 0.233. The maximum Gasteiger partial charge on any atom is 0.213 e. The number of ether oxygens (including phenoxy) is 1. The van der Waals surface area contributed by atoms with Crippen molar-refractivity contribution in [1.29, 1.82) is 0 Å². The van der Waals surface area contributed by atoms with E-state index in [1.54, 1.807) is 0 Å². The van der Waals surface area contributed by atoms with Gasteiger partial charge in [-0.25, -0.2) is 9.98 Å². The molecule has 6 nitrogen and oxygen atoms in total. The zero-order valence-electron chi connectivity index (χ0n) is 18.2. The van der Waals surface area contributed by atoms with Crippen molar-refractivity contribution in [1.82, 2.24) is 15.6 Å². The Hall–Kier alpha value is -1.09. The van der Waals surface area contributed by atoms with E-state index < -0.39 is 0 Å². The summed E-state index contributed by atoms with van der Waals surface area (Å²) >= 11 is 0. The first kappa shape index (κ1) is 25.9. The van der Waals surface area contributed by atoms with Crippen LogP contribution in [0.25, 0.3) is 0 Å². The molecule has 1 aromatic rings. The molecule has 1 heterocycles. The summed E-state index contributed by atoms with van der Waals surface area (Å²) in [6.07, 6.45) is 8.89. The number of hydrogen-bond acceptors (Lipinski definition) is 4. The van der Waals surface area contributed by atoms with Crippen molar-refractivity contribution in [3.63, 3.8) is 0 Å². The van der Waals surface area contributed by atoms with Gasteiger partial charge in [-0.1, -0.05) is 19.9 Å². The van der Waals surface area contributed by atoms with E-state index in [4.69, 9.17) is 4.74 Å². The van der Waals surface area contributed by atoms with Crippen LogP contribution in [-0.4, -0.2) is 41.9 Å². The lowest BCUT2D eigenvalue weighted by Gasteiger charge is -2.20. The summed E-state index contributed by atoms with van der Waals surface area (Å²) in [5, 5.41) is 16.0. The van der Waals surface area contributed by atoms with E-state index in [-0.39, 0.29) is 30.6 Å². The topological polar surface area (TPSA) is 78.8 Å². The van der Waals surface area contributed by atoms with Gasteiger partial charge in [0, 0.05) is 32.0 Å². The third-order valence-corrected chi connectivity index (χ3v) is 5.05. The van der Waals surface area contributed by atoms with Crippen LogP contribution >= 0.6 is 24.0 Å². The molecule has 166 valence electrons. The van der Waals surface area contributed by atoms with Gasteiger partial charge in [0.2, 0.25) is 5.88 Å². The highest BCUT2D eigenvalue weighted by Gasteiger charge is 2.16. The number of aliphatic hydroxyl groups excluding tert-OH is 1. The molecule has 1 atom stereocenters. The van der Waals surface area contributed by atoms with Gasteiger partial charge in [-0.3, -0.25) is 0 Å². The van der Waals surface area contributed by atoms with Gasteiger partial charge in [0.25, 0.3) is 0 Å². The van der Waals surface area contributed by atoms with Crippen LogP contribution in [0.1, 0.15) is 64.9 Å². The number of nitrogens with zero attached hydrogens (tertiary/aromatic N) is 2. The predicted molar refractivity (Wildman–Crippen MR) is 130 cm³/mol. The third kappa shape index (κ3) is 10.5. The minimum absolute atomic E-state index is 0. The largest absolute Gasteiger partial charge is 0.474 e. The maximum absolute atomic E-state index is 9.29. The molecule has 2 rings (SSSR count). The van der Waals surface area contributed by atoms with Gasteiger partial charge in [-0.2, -0.15) is 0 Å². The Kier molecular flexibility index (Phi) is 13.3. The van der Waals surface area contributed by atoms with Crippen molar-refractivity contribution in [3.8, 4) is 5.88 Å². The van der Waals surface area contributed by atoms with E-state index in [0.717, 1.165) is 50.3 Å². The third-order valence-electron chi connectivity index (χ3n) is 5.05. The Morgan fingerprint density at radius 2 is 2.03 bits per heavy atom. The minimum Gasteiger partial charge on any atom is -0.474 e. The lowest BCUT2D eigenvalue weighted by molar-refractivity contribution is 0.201. The fourth-order valence-electron chi connectivity index (χ4n) is 3.66. The number of halogens is 1. The number of aromatic nitrogens is 1. The Balaban J connectivity index is 0.00000420. The average molecular weight is 518 g/mol. The van der Waals surface area contributed by atoms with Crippen LogP contribution in [0.2, 0.25) is 0 Å². The zero-order chi connectivity index (χ0) is 20.2. The number of nitrogens with one attached hydrogen (secondary N) is 2. The molecule has 29 heavy (non-hydrogen) atoms. The molecule has 0 aromatic carbocycles. The Bertz CT molecular complexity index is 575. The number of aliphatic hydroxyl groups is 1. The van der Waals surface area contributed by atoms with Crippen LogP contribution in [0.5, 0.6) is 5.88 Å². The van der Waals surface area contributed by atoms with Gasteiger partial charge in [-0.05, 0) is 62.8 Å². The first-order valence-corrected chi connectivity index (χ1v) is 10.8. The van der Waals surface area contributed by atoms with Gasteiger partial charge in [0.05, 0.1) is 6.54 Å². The van der Waals surface area contributed by atoms with Crippen molar-refractivity contribution >= 4 is 29.9 Å². The molecular weight excluding hydrogens is 479 g/mol. The van der Waals surface area contributed by atoms with Crippen molar-refractivity contribution in [2.24, 2.45) is 16.8 Å². The molecule has 1 saturated carbocycles. The molecule has 0 aliphatic heterocycles. The lowest BCUT2D eigenvalue weighted by Crippen LogP contribution is -2.40. The lowest BCUT2D eigenvalue weighted by atomic mass is 9.94. The summed E-state index contributed by atoms with van der Waals surface area (Å²) in [6, 6.07) is 3.99. The molecule has 0 spiro atoms. The molecule has 0 radical (unpaired) electrons. The Morgan fingerprint density at radius 3 is 2.62 bits per heavy atom. The first-order chi connectivity index (χ1) is 13.6. The van der Waals surface area contributed by atoms with Gasteiger partial charge in [-0.15, -0.1) is 24.0 Å². The number of rotatable bonds is 11. The SMILES string of the molecule is CCNC(=NCc1ccc(OC2CCCC2)nc1)NCC(CCO)CC(C)C.I. The maximum atomic E-state index is 9.29. The summed E-state index contributed by atoms with van der Waals surface area (Å²) in [6.45, 7) is 8.93. The molecule has 1 fully saturated rings. The fourth-order valence-corrected chi connectivity index (χ4v) is 3.66. The zero-order valence-corrected chi connectivity index (χ0v) is 20.5. The van der Waals surface area contributed by atoms with E-state index in [1.165, 1.54) is 12.8 Å². The fraction of sp³-hybridized carbons (Fsp3) is 0.727. The Labute approximate surface area is 193 Å². The highest BCUT2D eigenvalue weighted by Crippen LogP contribution is 2.23. The number of aliphatic imine (C=N–C) groups is 1. The van der Waals surface area contributed by atoms with E-state index in [0.29, 0.717) is 30.4 Å². The molecule has 0 amide bonds. The number of hydrogen-bond donors (Lipinski definition) is 3. The second-order valence-electron chi connectivity index (χ2n) is 8.11. The Morgan fingerprint density at radius 1 is 1.28 bits per heavy atom. The average Bonchev–Trinajstić information content (AvgIpc) is 3.18. The van der Waals surface area contributed by atoms with Crippen LogP contribution in [0.15, 0.2) is 23.3 Å². The summed E-state index contributed by atoms with van der Waals surface area (Å²) in [7, 11) is 0. The molecule has 7 heteroatoms. The molecule has 0 bridgehead atoms. The molecule has 1 aliphatic carbocycles. The molecule has 0 saturated heterocycles. The molecule has 1 unspecified atom stereocenters. The standard InChI is InChI=1S/C22H38N4O2.HI/c1-4-23-22(25-14-18(11-12-27)13-17(2)3)26-16-19-9-10-21(24-15-19)28-20-7-5-6-8-20;/h9-10,15,17-18,20,27H,4-8,11-14,16H2,1-3H3,(H2,23,25,26);1H. The van der Waals surface area contributed by atoms with Crippen LogP contribution in [0.3, 0.4) is 0 Å². The van der Waals surface area contributed by atoms with Crippen LogP contribution in [0, 0.1) is 11.8 Å². The van der Waals surface area contributed by atoms with Crippen molar-refractivity contribution in [2.75, 3.05) is 19.7 Å². The van der Waals surface area contributed by atoms with Gasteiger partial charge in [0.15, 0.2) is 5.96 Å². The highest BCUT2D eigenvalue weighted by molar-refractivity contribution is 14.0. The van der Waals surface area contributed by atoms with Crippen LogP contribution < -0.4 is 15.4 Å². The summed E-state index contributed by atoms with van der Waals surface area (Å²) in [4.78, 5) is 9.12. The van der Waals surface area contributed by atoms with Crippen LogP contribution in [-0.2, 0) is 6.54 Å². The van der Waals surface area contributed by atoms with Crippen molar-refractivity contribution in [2.45, 2.75) is 71.9 Å². The normalized spacial score (nSPS) is 15.8. The second-order valence-corrected chi connectivity index (χ2v) is 8.11. The van der Waals surface area contributed by atoms with E-state index >= 15 is 0 Å². The summed E-state index contributed by atoms with van der Waals surface area (Å²) in [5.74, 6) is 2.59. The minimum atomic E-state index is 0. The van der Waals surface area contributed by atoms with Crippen molar-refractivity contribution < 1.29 is 9.84 Å². The van der Waals surface area contributed by atoms with E-state index in [1.807, 2.05) is 18.3 Å². The van der Waals surface area contributed by atoms with Gasteiger partial charge >= 0.3 is 0 Å². The van der Waals surface area contributed by atoms with Crippen molar-refractivity contribution in [3.05, 3.63) is 23.9 Å². The monoisotopic (exact) mass is 518 g/mol. The molecule has 3 N–H and O–H groups in total. The van der Waals surface area contributed by atoms with E-state index in [2.05, 4.69) is 41.4 Å². The smallest absolute Gasteiger partial charge is 0.213 e. The van der Waals surface area contributed by atoms with Gasteiger partial charge < -0.3 is 20.5 Å². The van der Waals surface area contributed by atoms with E-state index in [9.17, 15) is 5.11 Å². The van der Waals surface area contributed by atoms with Gasteiger partial charge in [0.1, 0.15) is 6.10 Å². The molecule has 1 aromatic heterocycles.